The lowest BCUT2D eigenvalue weighted by atomic mass is 10.1. The standard InChI is InChI=1S/C11H11N2/c1-8-9(2)12-13-11(8)10-6-4-3-5-7-10/h3-7H,2H2,1H3,(H,12,13). The summed E-state index contributed by atoms with van der Waals surface area (Å²) < 4.78 is 0. The highest BCUT2D eigenvalue weighted by Gasteiger charge is 2.05. The topological polar surface area (TPSA) is 28.7 Å². The molecule has 0 spiro atoms. The van der Waals surface area contributed by atoms with E-state index in [0.29, 0.717) is 0 Å². The quantitative estimate of drug-likeness (QED) is 0.701. The van der Waals surface area contributed by atoms with E-state index in [4.69, 9.17) is 0 Å². The molecule has 0 aliphatic rings. The van der Waals surface area contributed by atoms with Crippen LogP contribution in [0.15, 0.2) is 30.3 Å². The molecule has 1 aromatic carbocycles. The van der Waals surface area contributed by atoms with Crippen molar-refractivity contribution >= 4 is 0 Å². The molecule has 0 saturated heterocycles. The number of nitrogens with zero attached hydrogens (tertiary/aromatic N) is 1. The van der Waals surface area contributed by atoms with Crippen LogP contribution >= 0.6 is 0 Å². The summed E-state index contributed by atoms with van der Waals surface area (Å²) in [7, 11) is 0. The molecule has 0 saturated carbocycles. The van der Waals surface area contributed by atoms with Crippen molar-refractivity contribution in [1.29, 1.82) is 0 Å². The minimum Gasteiger partial charge on any atom is -0.277 e. The molecule has 65 valence electrons. The van der Waals surface area contributed by atoms with Gasteiger partial charge >= 0.3 is 0 Å². The molecule has 2 heteroatoms. The third-order valence-electron chi connectivity index (χ3n) is 2.17. The molecule has 2 aromatic rings. The Balaban J connectivity index is 2.53. The van der Waals surface area contributed by atoms with Gasteiger partial charge in [0, 0.05) is 0 Å². The number of hydrogen-bond acceptors (Lipinski definition) is 1. The molecule has 0 aliphatic carbocycles. The summed E-state index contributed by atoms with van der Waals surface area (Å²) in [6.45, 7) is 5.85. The van der Waals surface area contributed by atoms with Gasteiger partial charge in [0.1, 0.15) is 0 Å². The Morgan fingerprint density at radius 1 is 1.23 bits per heavy atom. The highest BCUT2D eigenvalue weighted by atomic mass is 15.1. The molecule has 2 rings (SSSR count). The molecule has 2 nitrogen and oxygen atoms in total. The number of nitrogens with one attached hydrogen (secondary N) is 1. The van der Waals surface area contributed by atoms with Gasteiger partial charge in [0.25, 0.3) is 0 Å². The second kappa shape index (κ2) is 3.05. The highest BCUT2D eigenvalue weighted by Crippen LogP contribution is 2.21. The lowest BCUT2D eigenvalue weighted by Crippen LogP contribution is -1.79. The fourth-order valence-corrected chi connectivity index (χ4v) is 1.32. The first-order valence-corrected chi connectivity index (χ1v) is 4.21. The van der Waals surface area contributed by atoms with Crippen molar-refractivity contribution in [3.8, 4) is 11.3 Å². The largest absolute Gasteiger partial charge is 0.277 e. The summed E-state index contributed by atoms with van der Waals surface area (Å²) in [6, 6.07) is 10.1. The van der Waals surface area contributed by atoms with E-state index >= 15 is 0 Å². The zero-order valence-electron chi connectivity index (χ0n) is 7.54. The minimum absolute atomic E-state index is 0.818. The van der Waals surface area contributed by atoms with Crippen molar-refractivity contribution in [2.45, 2.75) is 6.92 Å². The smallest absolute Gasteiger partial charge is 0.0682 e. The summed E-state index contributed by atoms with van der Waals surface area (Å²) in [4.78, 5) is 0. The Bertz CT molecular complexity index is 401. The normalized spacial score (nSPS) is 10.3. The Morgan fingerprint density at radius 3 is 2.46 bits per heavy atom. The van der Waals surface area contributed by atoms with Crippen LogP contribution in [-0.4, -0.2) is 10.2 Å². The van der Waals surface area contributed by atoms with Gasteiger partial charge in [-0.05, 0) is 25.0 Å². The Morgan fingerprint density at radius 2 is 1.92 bits per heavy atom. The maximum atomic E-state index is 4.06. The fourth-order valence-electron chi connectivity index (χ4n) is 1.32. The molecule has 0 unspecified atom stereocenters. The van der Waals surface area contributed by atoms with Crippen LogP contribution in [0.25, 0.3) is 11.3 Å². The molecule has 0 amide bonds. The average molecular weight is 171 g/mol. The van der Waals surface area contributed by atoms with E-state index in [2.05, 4.69) is 29.3 Å². The SMILES string of the molecule is [CH2]c1n[nH]c(-c2ccccc2)c1C. The van der Waals surface area contributed by atoms with E-state index in [9.17, 15) is 0 Å². The van der Waals surface area contributed by atoms with Gasteiger partial charge in [-0.25, -0.2) is 0 Å². The number of hydrogen-bond donors (Lipinski definition) is 1. The molecule has 1 aromatic heterocycles. The van der Waals surface area contributed by atoms with Gasteiger partial charge in [0.05, 0.1) is 11.4 Å². The van der Waals surface area contributed by atoms with E-state index in [1.807, 2.05) is 25.1 Å². The van der Waals surface area contributed by atoms with Crippen LogP contribution in [-0.2, 0) is 0 Å². The minimum atomic E-state index is 0.818. The van der Waals surface area contributed by atoms with Crippen molar-refractivity contribution in [3.05, 3.63) is 48.5 Å². The van der Waals surface area contributed by atoms with Crippen LogP contribution in [0.3, 0.4) is 0 Å². The molecule has 0 bridgehead atoms. The molecule has 1 heterocycles. The Labute approximate surface area is 77.6 Å². The molecule has 1 radical (unpaired) electrons. The third-order valence-corrected chi connectivity index (χ3v) is 2.17. The second-order valence-corrected chi connectivity index (χ2v) is 3.04. The lowest BCUT2D eigenvalue weighted by Gasteiger charge is -1.97. The zero-order chi connectivity index (χ0) is 9.26. The molecular weight excluding hydrogens is 160 g/mol. The third kappa shape index (κ3) is 1.35. The van der Waals surface area contributed by atoms with Crippen molar-refractivity contribution in [3.63, 3.8) is 0 Å². The first-order valence-electron chi connectivity index (χ1n) is 4.21. The van der Waals surface area contributed by atoms with Crippen molar-refractivity contribution in [2.75, 3.05) is 0 Å². The molecule has 0 atom stereocenters. The fraction of sp³-hybridized carbons (Fsp3) is 0.0909. The van der Waals surface area contributed by atoms with Gasteiger partial charge in [0.15, 0.2) is 0 Å². The van der Waals surface area contributed by atoms with Gasteiger partial charge in [-0.3, -0.25) is 5.10 Å². The van der Waals surface area contributed by atoms with E-state index in [1.54, 1.807) is 0 Å². The summed E-state index contributed by atoms with van der Waals surface area (Å²) in [6.07, 6.45) is 0. The molecule has 0 aliphatic heterocycles. The van der Waals surface area contributed by atoms with Gasteiger partial charge in [-0.15, -0.1) is 0 Å². The Hall–Kier alpha value is -1.57. The number of H-pyrrole nitrogens is 1. The van der Waals surface area contributed by atoms with Crippen molar-refractivity contribution in [2.24, 2.45) is 0 Å². The Kier molecular flexibility index (Phi) is 1.89. The number of benzene rings is 1. The molecule has 13 heavy (non-hydrogen) atoms. The molecule has 0 fully saturated rings. The predicted molar refractivity (Wildman–Crippen MR) is 53.2 cm³/mol. The van der Waals surface area contributed by atoms with Crippen LogP contribution in [0.5, 0.6) is 0 Å². The van der Waals surface area contributed by atoms with Crippen LogP contribution in [0.4, 0.5) is 0 Å². The summed E-state index contributed by atoms with van der Waals surface area (Å²) in [5.41, 5.74) is 4.15. The molecular formula is C11H11N2. The van der Waals surface area contributed by atoms with E-state index in [1.165, 1.54) is 0 Å². The number of rotatable bonds is 1. The highest BCUT2D eigenvalue weighted by molar-refractivity contribution is 5.63. The maximum absolute atomic E-state index is 4.06. The van der Waals surface area contributed by atoms with Crippen molar-refractivity contribution in [1.82, 2.24) is 10.2 Å². The summed E-state index contributed by atoms with van der Waals surface area (Å²) in [5, 5.41) is 7.03. The lowest BCUT2D eigenvalue weighted by molar-refractivity contribution is 1.07. The first kappa shape index (κ1) is 8.05. The van der Waals surface area contributed by atoms with Crippen LogP contribution in [0.2, 0.25) is 0 Å². The average Bonchev–Trinajstić information content (AvgIpc) is 2.49. The zero-order valence-corrected chi connectivity index (χ0v) is 7.54. The van der Waals surface area contributed by atoms with Gasteiger partial charge in [0.2, 0.25) is 0 Å². The predicted octanol–water partition coefficient (Wildman–Crippen LogP) is 2.57. The number of aromatic amines is 1. The van der Waals surface area contributed by atoms with Crippen molar-refractivity contribution < 1.29 is 0 Å². The van der Waals surface area contributed by atoms with Gasteiger partial charge in [-0.1, -0.05) is 30.3 Å². The summed E-state index contributed by atoms with van der Waals surface area (Å²) >= 11 is 0. The van der Waals surface area contributed by atoms with Crippen LogP contribution < -0.4 is 0 Å². The van der Waals surface area contributed by atoms with Gasteiger partial charge < -0.3 is 0 Å². The van der Waals surface area contributed by atoms with Crippen LogP contribution in [0.1, 0.15) is 11.3 Å². The first-order chi connectivity index (χ1) is 6.29. The second-order valence-electron chi connectivity index (χ2n) is 3.04. The van der Waals surface area contributed by atoms with E-state index < -0.39 is 0 Å². The molecule has 1 N–H and O–H groups in total. The van der Waals surface area contributed by atoms with E-state index in [-0.39, 0.29) is 0 Å². The monoisotopic (exact) mass is 171 g/mol. The van der Waals surface area contributed by atoms with E-state index in [0.717, 1.165) is 22.5 Å². The van der Waals surface area contributed by atoms with Gasteiger partial charge in [-0.2, -0.15) is 5.10 Å². The summed E-state index contributed by atoms with van der Waals surface area (Å²) in [5.74, 6) is 0. The van der Waals surface area contributed by atoms with Crippen LogP contribution in [0, 0.1) is 13.8 Å². The maximum Gasteiger partial charge on any atom is 0.0682 e. The number of aromatic nitrogens is 2.